The Morgan fingerprint density at radius 2 is 2.12 bits per heavy atom. The number of nitrogen functional groups attached to an aromatic ring is 1. The van der Waals surface area contributed by atoms with E-state index < -0.39 is 0 Å². The van der Waals surface area contributed by atoms with Crippen LogP contribution in [-0.2, 0) is 0 Å². The average Bonchev–Trinajstić information content (AvgIpc) is 2.26. The maximum atomic E-state index is 11.3. The minimum atomic E-state index is -0.0310. The van der Waals surface area contributed by atoms with Crippen molar-refractivity contribution in [1.29, 1.82) is 0 Å². The van der Waals surface area contributed by atoms with Gasteiger partial charge in [0.15, 0.2) is 5.78 Å². The van der Waals surface area contributed by atoms with E-state index in [-0.39, 0.29) is 5.78 Å². The monoisotopic (exact) mass is 221 g/mol. The van der Waals surface area contributed by atoms with Gasteiger partial charge < -0.3 is 10.5 Å². The molecule has 0 spiro atoms. The Morgan fingerprint density at radius 3 is 2.75 bits per heavy atom. The zero-order valence-corrected chi connectivity index (χ0v) is 9.95. The largest absolute Gasteiger partial charge is 0.494 e. The van der Waals surface area contributed by atoms with Crippen molar-refractivity contribution < 1.29 is 9.53 Å². The number of hydrogen-bond acceptors (Lipinski definition) is 3. The van der Waals surface area contributed by atoms with Gasteiger partial charge in [-0.1, -0.05) is 19.8 Å². The highest BCUT2D eigenvalue weighted by atomic mass is 16.5. The Hall–Kier alpha value is -1.51. The third kappa shape index (κ3) is 3.57. The molecule has 0 aliphatic rings. The Labute approximate surface area is 96.6 Å². The van der Waals surface area contributed by atoms with E-state index in [0.29, 0.717) is 17.9 Å². The SMILES string of the molecule is CCCCCOc1ccc(N)c(C(C)=O)c1. The number of nitrogens with two attached hydrogens (primary N) is 1. The molecule has 0 fully saturated rings. The summed E-state index contributed by atoms with van der Waals surface area (Å²) in [6, 6.07) is 5.23. The van der Waals surface area contributed by atoms with Crippen LogP contribution in [0.2, 0.25) is 0 Å². The van der Waals surface area contributed by atoms with E-state index in [1.807, 2.05) is 0 Å². The highest BCUT2D eigenvalue weighted by molar-refractivity contribution is 5.99. The van der Waals surface area contributed by atoms with Crippen molar-refractivity contribution in [3.63, 3.8) is 0 Å². The number of benzene rings is 1. The molecule has 3 heteroatoms. The first kappa shape index (κ1) is 12.6. The number of ether oxygens (including phenoxy) is 1. The Balaban J connectivity index is 2.61. The van der Waals surface area contributed by atoms with Crippen LogP contribution in [0, 0.1) is 0 Å². The molecule has 0 unspecified atom stereocenters. The molecule has 0 aliphatic heterocycles. The van der Waals surface area contributed by atoms with Gasteiger partial charge in [-0.2, -0.15) is 0 Å². The number of Topliss-reactive ketones (excluding diaryl/α,β-unsaturated/α-hetero) is 1. The highest BCUT2D eigenvalue weighted by Gasteiger charge is 2.06. The van der Waals surface area contributed by atoms with Crippen molar-refractivity contribution in [2.24, 2.45) is 0 Å². The molecule has 0 atom stereocenters. The summed E-state index contributed by atoms with van der Waals surface area (Å²) in [6.45, 7) is 4.35. The maximum absolute atomic E-state index is 11.3. The van der Waals surface area contributed by atoms with Crippen molar-refractivity contribution in [3.05, 3.63) is 23.8 Å². The van der Waals surface area contributed by atoms with Gasteiger partial charge in [-0.15, -0.1) is 0 Å². The van der Waals surface area contributed by atoms with E-state index in [9.17, 15) is 4.79 Å². The molecule has 0 saturated heterocycles. The van der Waals surface area contributed by atoms with Gasteiger partial charge in [0.1, 0.15) is 5.75 Å². The minimum absolute atomic E-state index is 0.0310. The first-order valence-electron chi connectivity index (χ1n) is 5.68. The van der Waals surface area contributed by atoms with Crippen molar-refractivity contribution >= 4 is 11.5 Å². The van der Waals surface area contributed by atoms with Gasteiger partial charge in [-0.3, -0.25) is 4.79 Å². The molecule has 0 heterocycles. The molecule has 1 rings (SSSR count). The van der Waals surface area contributed by atoms with Crippen LogP contribution >= 0.6 is 0 Å². The summed E-state index contributed by atoms with van der Waals surface area (Å²) in [5, 5.41) is 0. The van der Waals surface area contributed by atoms with Crippen LogP contribution in [0.3, 0.4) is 0 Å². The first-order chi connectivity index (χ1) is 7.65. The van der Waals surface area contributed by atoms with Gasteiger partial charge >= 0.3 is 0 Å². The molecule has 88 valence electrons. The van der Waals surface area contributed by atoms with Crippen molar-refractivity contribution in [2.75, 3.05) is 12.3 Å². The summed E-state index contributed by atoms with van der Waals surface area (Å²) in [7, 11) is 0. The number of hydrogen-bond donors (Lipinski definition) is 1. The molecule has 0 aromatic heterocycles. The van der Waals surface area contributed by atoms with Crippen molar-refractivity contribution in [2.45, 2.75) is 33.1 Å². The molecular formula is C13H19NO2. The minimum Gasteiger partial charge on any atom is -0.494 e. The van der Waals surface area contributed by atoms with Crippen LogP contribution in [0.1, 0.15) is 43.5 Å². The zero-order valence-electron chi connectivity index (χ0n) is 9.95. The molecule has 0 amide bonds. The highest BCUT2D eigenvalue weighted by Crippen LogP contribution is 2.20. The predicted molar refractivity (Wildman–Crippen MR) is 65.9 cm³/mol. The van der Waals surface area contributed by atoms with Crippen LogP contribution in [-0.4, -0.2) is 12.4 Å². The van der Waals surface area contributed by atoms with Gasteiger partial charge in [0.2, 0.25) is 0 Å². The molecule has 0 radical (unpaired) electrons. The Bertz CT molecular complexity index is 361. The normalized spacial score (nSPS) is 10.1. The van der Waals surface area contributed by atoms with Crippen LogP contribution in [0.15, 0.2) is 18.2 Å². The lowest BCUT2D eigenvalue weighted by Crippen LogP contribution is -2.02. The zero-order chi connectivity index (χ0) is 12.0. The molecule has 1 aromatic carbocycles. The lowest BCUT2D eigenvalue weighted by Gasteiger charge is -2.08. The third-order valence-electron chi connectivity index (χ3n) is 2.42. The molecule has 1 aromatic rings. The van der Waals surface area contributed by atoms with Gasteiger partial charge in [0.25, 0.3) is 0 Å². The summed E-state index contributed by atoms with van der Waals surface area (Å²) in [5.74, 6) is 0.687. The van der Waals surface area contributed by atoms with E-state index >= 15 is 0 Å². The smallest absolute Gasteiger partial charge is 0.162 e. The van der Waals surface area contributed by atoms with E-state index in [0.717, 1.165) is 18.6 Å². The third-order valence-corrected chi connectivity index (χ3v) is 2.42. The fraction of sp³-hybridized carbons (Fsp3) is 0.462. The van der Waals surface area contributed by atoms with Gasteiger partial charge in [-0.25, -0.2) is 0 Å². The lowest BCUT2D eigenvalue weighted by atomic mass is 10.1. The number of unbranched alkanes of at least 4 members (excludes halogenated alkanes) is 2. The Morgan fingerprint density at radius 1 is 1.38 bits per heavy atom. The summed E-state index contributed by atoms with van der Waals surface area (Å²) >= 11 is 0. The average molecular weight is 221 g/mol. The Kier molecular flexibility index (Phi) is 4.83. The molecule has 0 saturated carbocycles. The fourth-order valence-corrected chi connectivity index (χ4v) is 1.47. The standard InChI is InChI=1S/C13H19NO2/c1-3-4-5-8-16-11-6-7-13(14)12(9-11)10(2)15/h6-7,9H,3-5,8,14H2,1-2H3. The van der Waals surface area contributed by atoms with Gasteiger partial charge in [-0.05, 0) is 31.5 Å². The molecule has 2 N–H and O–H groups in total. The second-order valence-corrected chi connectivity index (χ2v) is 3.86. The fourth-order valence-electron chi connectivity index (χ4n) is 1.47. The topological polar surface area (TPSA) is 52.3 Å². The molecule has 3 nitrogen and oxygen atoms in total. The molecule has 16 heavy (non-hydrogen) atoms. The van der Waals surface area contributed by atoms with Crippen LogP contribution in [0.5, 0.6) is 5.75 Å². The van der Waals surface area contributed by atoms with Crippen molar-refractivity contribution in [3.8, 4) is 5.75 Å². The summed E-state index contributed by atoms with van der Waals surface area (Å²) < 4.78 is 5.55. The quantitative estimate of drug-likeness (QED) is 0.456. The molecule has 0 aliphatic carbocycles. The second kappa shape index (κ2) is 6.16. The first-order valence-corrected chi connectivity index (χ1v) is 5.68. The number of ketones is 1. The van der Waals surface area contributed by atoms with E-state index in [4.69, 9.17) is 10.5 Å². The summed E-state index contributed by atoms with van der Waals surface area (Å²) in [4.78, 5) is 11.3. The number of anilines is 1. The van der Waals surface area contributed by atoms with Crippen LogP contribution in [0.4, 0.5) is 5.69 Å². The van der Waals surface area contributed by atoms with Crippen LogP contribution < -0.4 is 10.5 Å². The van der Waals surface area contributed by atoms with E-state index in [2.05, 4.69) is 6.92 Å². The maximum Gasteiger partial charge on any atom is 0.162 e. The van der Waals surface area contributed by atoms with Gasteiger partial charge in [0.05, 0.1) is 6.61 Å². The van der Waals surface area contributed by atoms with E-state index in [1.54, 1.807) is 18.2 Å². The van der Waals surface area contributed by atoms with Crippen molar-refractivity contribution in [1.82, 2.24) is 0 Å². The van der Waals surface area contributed by atoms with Crippen LogP contribution in [0.25, 0.3) is 0 Å². The summed E-state index contributed by atoms with van der Waals surface area (Å²) in [5.41, 5.74) is 6.73. The summed E-state index contributed by atoms with van der Waals surface area (Å²) in [6.07, 6.45) is 3.37. The van der Waals surface area contributed by atoms with E-state index in [1.165, 1.54) is 13.3 Å². The molecule has 0 bridgehead atoms. The number of carbonyl (C=O) groups is 1. The predicted octanol–water partition coefficient (Wildman–Crippen LogP) is 3.04. The molecular weight excluding hydrogens is 202 g/mol. The second-order valence-electron chi connectivity index (χ2n) is 3.86. The lowest BCUT2D eigenvalue weighted by molar-refractivity contribution is 0.101. The number of carbonyl (C=O) groups excluding carboxylic acids is 1. The van der Waals surface area contributed by atoms with Gasteiger partial charge in [0, 0.05) is 11.3 Å². The number of rotatable bonds is 6.